The SMILES string of the molecule is NCCC(O)CC(=O)OCc1ccccc1. The summed E-state index contributed by atoms with van der Waals surface area (Å²) in [5, 5.41) is 9.34. The number of hydrogen-bond donors (Lipinski definition) is 2. The van der Waals surface area contributed by atoms with Gasteiger partial charge in [-0.1, -0.05) is 30.3 Å². The number of ether oxygens (including phenoxy) is 1. The molecule has 4 nitrogen and oxygen atoms in total. The van der Waals surface area contributed by atoms with Crippen LogP contribution in [0, 0.1) is 0 Å². The van der Waals surface area contributed by atoms with Gasteiger partial charge in [0.15, 0.2) is 0 Å². The molecule has 1 aromatic carbocycles. The minimum absolute atomic E-state index is 0.00400. The number of carbonyl (C=O) groups is 1. The molecule has 0 aliphatic rings. The maximum Gasteiger partial charge on any atom is 0.308 e. The average Bonchev–Trinajstić information content (AvgIpc) is 2.28. The Balaban J connectivity index is 2.25. The molecule has 1 aromatic rings. The van der Waals surface area contributed by atoms with Crippen LogP contribution in [0.25, 0.3) is 0 Å². The second-order valence-corrected chi connectivity index (χ2v) is 3.58. The highest BCUT2D eigenvalue weighted by atomic mass is 16.5. The van der Waals surface area contributed by atoms with E-state index in [0.717, 1.165) is 5.56 Å². The highest BCUT2D eigenvalue weighted by Crippen LogP contribution is 2.04. The van der Waals surface area contributed by atoms with Crippen molar-refractivity contribution in [2.45, 2.75) is 25.6 Å². The summed E-state index contributed by atoms with van der Waals surface area (Å²) >= 11 is 0. The summed E-state index contributed by atoms with van der Waals surface area (Å²) in [5.41, 5.74) is 6.19. The van der Waals surface area contributed by atoms with Crippen molar-refractivity contribution in [1.29, 1.82) is 0 Å². The normalized spacial score (nSPS) is 12.1. The van der Waals surface area contributed by atoms with Crippen molar-refractivity contribution in [3.8, 4) is 0 Å². The molecule has 0 spiro atoms. The largest absolute Gasteiger partial charge is 0.461 e. The van der Waals surface area contributed by atoms with E-state index in [-0.39, 0.29) is 13.0 Å². The Morgan fingerprint density at radius 1 is 1.38 bits per heavy atom. The van der Waals surface area contributed by atoms with Crippen LogP contribution < -0.4 is 5.73 Å². The number of esters is 1. The summed E-state index contributed by atoms with van der Waals surface area (Å²) in [5.74, 6) is -0.398. The number of aliphatic hydroxyl groups excluding tert-OH is 1. The Morgan fingerprint density at radius 2 is 2.06 bits per heavy atom. The average molecular weight is 223 g/mol. The first kappa shape index (κ1) is 12.7. The van der Waals surface area contributed by atoms with Gasteiger partial charge in [-0.3, -0.25) is 4.79 Å². The Morgan fingerprint density at radius 3 is 2.69 bits per heavy atom. The second kappa shape index (κ2) is 6.98. The predicted octanol–water partition coefficient (Wildman–Crippen LogP) is 0.830. The first-order valence-electron chi connectivity index (χ1n) is 5.30. The summed E-state index contributed by atoms with van der Waals surface area (Å²) in [7, 11) is 0. The van der Waals surface area contributed by atoms with Crippen LogP contribution in [0.4, 0.5) is 0 Å². The fourth-order valence-electron chi connectivity index (χ4n) is 1.28. The zero-order valence-electron chi connectivity index (χ0n) is 9.13. The van der Waals surface area contributed by atoms with Gasteiger partial charge >= 0.3 is 5.97 Å². The van der Waals surface area contributed by atoms with E-state index in [2.05, 4.69) is 0 Å². The number of rotatable bonds is 6. The van der Waals surface area contributed by atoms with Crippen molar-refractivity contribution in [2.24, 2.45) is 5.73 Å². The first-order chi connectivity index (χ1) is 7.72. The maximum atomic E-state index is 11.3. The van der Waals surface area contributed by atoms with Gasteiger partial charge in [0, 0.05) is 0 Å². The molecule has 0 aromatic heterocycles. The van der Waals surface area contributed by atoms with Crippen LogP contribution in [-0.4, -0.2) is 23.7 Å². The van der Waals surface area contributed by atoms with E-state index in [0.29, 0.717) is 13.0 Å². The van der Waals surface area contributed by atoms with Crippen LogP contribution in [0.15, 0.2) is 30.3 Å². The lowest BCUT2D eigenvalue weighted by Gasteiger charge is -2.09. The molecule has 0 radical (unpaired) electrons. The highest BCUT2D eigenvalue weighted by molar-refractivity contribution is 5.69. The fraction of sp³-hybridized carbons (Fsp3) is 0.417. The molecule has 0 amide bonds. The first-order valence-corrected chi connectivity index (χ1v) is 5.30. The van der Waals surface area contributed by atoms with Gasteiger partial charge in [-0.25, -0.2) is 0 Å². The summed E-state index contributed by atoms with van der Waals surface area (Å²) in [6, 6.07) is 9.42. The van der Waals surface area contributed by atoms with Gasteiger partial charge in [-0.15, -0.1) is 0 Å². The van der Waals surface area contributed by atoms with Crippen LogP contribution >= 0.6 is 0 Å². The Kier molecular flexibility index (Phi) is 5.53. The second-order valence-electron chi connectivity index (χ2n) is 3.58. The van der Waals surface area contributed by atoms with Gasteiger partial charge in [0.05, 0.1) is 12.5 Å². The lowest BCUT2D eigenvalue weighted by molar-refractivity contribution is -0.147. The van der Waals surface area contributed by atoms with Crippen LogP contribution in [0.1, 0.15) is 18.4 Å². The van der Waals surface area contributed by atoms with E-state index >= 15 is 0 Å². The Bertz CT molecular complexity index is 313. The molecule has 0 fully saturated rings. The van der Waals surface area contributed by atoms with E-state index in [1.54, 1.807) is 0 Å². The zero-order chi connectivity index (χ0) is 11.8. The molecule has 0 aliphatic heterocycles. The van der Waals surface area contributed by atoms with E-state index < -0.39 is 12.1 Å². The fourth-order valence-corrected chi connectivity index (χ4v) is 1.28. The highest BCUT2D eigenvalue weighted by Gasteiger charge is 2.10. The molecule has 1 unspecified atom stereocenters. The Labute approximate surface area is 95.0 Å². The number of benzene rings is 1. The van der Waals surface area contributed by atoms with Gasteiger partial charge in [0.25, 0.3) is 0 Å². The third-order valence-corrected chi connectivity index (χ3v) is 2.14. The molecule has 1 atom stereocenters. The Hall–Kier alpha value is -1.39. The van der Waals surface area contributed by atoms with Crippen molar-refractivity contribution in [1.82, 2.24) is 0 Å². The van der Waals surface area contributed by atoms with Crippen LogP contribution in [0.2, 0.25) is 0 Å². The van der Waals surface area contributed by atoms with E-state index in [1.165, 1.54) is 0 Å². The van der Waals surface area contributed by atoms with Gasteiger partial charge < -0.3 is 15.6 Å². The quantitative estimate of drug-likeness (QED) is 0.701. The minimum Gasteiger partial charge on any atom is -0.461 e. The molecule has 0 aliphatic carbocycles. The van der Waals surface area contributed by atoms with Crippen molar-refractivity contribution >= 4 is 5.97 Å². The van der Waals surface area contributed by atoms with E-state index in [1.807, 2.05) is 30.3 Å². The van der Waals surface area contributed by atoms with Gasteiger partial charge in [-0.05, 0) is 18.5 Å². The van der Waals surface area contributed by atoms with Crippen molar-refractivity contribution in [3.05, 3.63) is 35.9 Å². The van der Waals surface area contributed by atoms with Crippen LogP contribution in [0.3, 0.4) is 0 Å². The molecule has 88 valence electrons. The molecular formula is C12H17NO3. The van der Waals surface area contributed by atoms with Gasteiger partial charge in [0.2, 0.25) is 0 Å². The molecular weight excluding hydrogens is 206 g/mol. The standard InChI is InChI=1S/C12H17NO3/c13-7-6-11(14)8-12(15)16-9-10-4-2-1-3-5-10/h1-5,11,14H,6-9,13H2. The topological polar surface area (TPSA) is 72.5 Å². The van der Waals surface area contributed by atoms with Gasteiger partial charge in [-0.2, -0.15) is 0 Å². The number of nitrogens with two attached hydrogens (primary N) is 1. The summed E-state index contributed by atoms with van der Waals surface area (Å²) < 4.78 is 5.01. The van der Waals surface area contributed by atoms with Crippen molar-refractivity contribution in [3.63, 3.8) is 0 Å². The smallest absolute Gasteiger partial charge is 0.308 e. The molecule has 0 saturated heterocycles. The van der Waals surface area contributed by atoms with Crippen molar-refractivity contribution in [2.75, 3.05) is 6.54 Å². The lowest BCUT2D eigenvalue weighted by atomic mass is 10.2. The van der Waals surface area contributed by atoms with Gasteiger partial charge in [0.1, 0.15) is 6.61 Å². The molecule has 0 heterocycles. The molecule has 16 heavy (non-hydrogen) atoms. The number of hydrogen-bond acceptors (Lipinski definition) is 4. The summed E-state index contributed by atoms with van der Waals surface area (Å²) in [6.45, 7) is 0.613. The number of aliphatic hydroxyl groups is 1. The molecule has 0 bridgehead atoms. The minimum atomic E-state index is -0.701. The maximum absolute atomic E-state index is 11.3. The predicted molar refractivity (Wildman–Crippen MR) is 60.5 cm³/mol. The zero-order valence-corrected chi connectivity index (χ0v) is 9.13. The van der Waals surface area contributed by atoms with E-state index in [9.17, 15) is 9.90 Å². The molecule has 1 rings (SSSR count). The summed E-state index contributed by atoms with van der Waals surface area (Å²) in [4.78, 5) is 11.3. The lowest BCUT2D eigenvalue weighted by Crippen LogP contribution is -2.19. The molecule has 3 N–H and O–H groups in total. The van der Waals surface area contributed by atoms with Crippen LogP contribution in [-0.2, 0) is 16.1 Å². The van der Waals surface area contributed by atoms with Crippen molar-refractivity contribution < 1.29 is 14.6 Å². The molecule has 0 saturated carbocycles. The molecule has 4 heteroatoms. The third kappa shape index (κ3) is 4.91. The monoisotopic (exact) mass is 223 g/mol. The van der Waals surface area contributed by atoms with Crippen LogP contribution in [0.5, 0.6) is 0 Å². The van der Waals surface area contributed by atoms with E-state index in [4.69, 9.17) is 10.5 Å². The number of carbonyl (C=O) groups excluding carboxylic acids is 1. The third-order valence-electron chi connectivity index (χ3n) is 2.14. The summed E-state index contributed by atoms with van der Waals surface area (Å²) in [6.07, 6.45) is -0.280.